The summed E-state index contributed by atoms with van der Waals surface area (Å²) in [5, 5.41) is 31.4. The molecule has 1 aromatic heterocycles. The van der Waals surface area contributed by atoms with Gasteiger partial charge in [-0.25, -0.2) is 9.97 Å². The van der Waals surface area contributed by atoms with Gasteiger partial charge in [0.15, 0.2) is 11.5 Å². The molecule has 0 spiro atoms. The Labute approximate surface area is 216 Å². The third-order valence-corrected chi connectivity index (χ3v) is 7.42. The van der Waals surface area contributed by atoms with Crippen LogP contribution in [0.15, 0.2) is 24.4 Å². The van der Waals surface area contributed by atoms with Gasteiger partial charge in [-0.1, -0.05) is 29.3 Å². The van der Waals surface area contributed by atoms with E-state index in [1.54, 1.807) is 18.3 Å². The molecule has 2 aromatic rings. The summed E-state index contributed by atoms with van der Waals surface area (Å²) < 4.78 is 0. The van der Waals surface area contributed by atoms with Gasteiger partial charge in [0.2, 0.25) is 0 Å². The van der Waals surface area contributed by atoms with Crippen molar-refractivity contribution < 1.29 is 5.11 Å². The van der Waals surface area contributed by atoms with E-state index in [2.05, 4.69) is 20.1 Å². The molecular formula is C25H31Cl2N7O. The first-order chi connectivity index (χ1) is 16.7. The Morgan fingerprint density at radius 2 is 2.06 bits per heavy atom. The van der Waals surface area contributed by atoms with Crippen LogP contribution in [0.2, 0.25) is 10.0 Å². The molecule has 4 rings (SSSR count). The zero-order valence-corrected chi connectivity index (χ0v) is 21.5. The highest BCUT2D eigenvalue weighted by molar-refractivity contribution is 6.35. The molecule has 186 valence electrons. The number of hydrogen-bond acceptors (Lipinski definition) is 8. The highest BCUT2D eigenvalue weighted by atomic mass is 35.5. The van der Waals surface area contributed by atoms with E-state index in [0.717, 1.165) is 50.5 Å². The average molecular weight is 516 g/mol. The summed E-state index contributed by atoms with van der Waals surface area (Å²) >= 11 is 12.4. The predicted molar refractivity (Wildman–Crippen MR) is 140 cm³/mol. The highest BCUT2D eigenvalue weighted by Crippen LogP contribution is 2.34. The average Bonchev–Trinajstić information content (AvgIpc) is 2.77. The Kier molecular flexibility index (Phi) is 8.12. The molecule has 2 aliphatic rings. The van der Waals surface area contributed by atoms with Gasteiger partial charge in [0.1, 0.15) is 17.6 Å². The smallest absolute Gasteiger partial charge is 0.161 e. The van der Waals surface area contributed by atoms with E-state index in [9.17, 15) is 10.4 Å². The van der Waals surface area contributed by atoms with Gasteiger partial charge in [-0.2, -0.15) is 5.26 Å². The van der Waals surface area contributed by atoms with Crippen molar-refractivity contribution in [3.05, 3.63) is 45.7 Å². The monoisotopic (exact) mass is 515 g/mol. The van der Waals surface area contributed by atoms with Gasteiger partial charge in [0.05, 0.1) is 18.3 Å². The van der Waals surface area contributed by atoms with Crippen molar-refractivity contribution >= 4 is 40.5 Å². The number of anilines is 2. The molecule has 35 heavy (non-hydrogen) atoms. The van der Waals surface area contributed by atoms with Gasteiger partial charge in [0.25, 0.3) is 0 Å². The second-order valence-electron chi connectivity index (χ2n) is 9.62. The van der Waals surface area contributed by atoms with Crippen LogP contribution in [0.25, 0.3) is 0 Å². The number of aromatic nitrogens is 2. The van der Waals surface area contributed by atoms with E-state index in [1.165, 1.54) is 6.42 Å². The molecule has 8 nitrogen and oxygen atoms in total. The zero-order chi connectivity index (χ0) is 25.1. The SMILES string of the molecule is CC(O)CN1CCCC(C2CN(c3cnc(C(=N)C#N)c(NC(C)c4ccc(Cl)cc4Cl)n3)C2)C1. The van der Waals surface area contributed by atoms with Crippen molar-refractivity contribution in [2.75, 3.05) is 42.9 Å². The maximum absolute atomic E-state index is 9.74. The van der Waals surface area contributed by atoms with Crippen molar-refractivity contribution in [3.8, 4) is 6.07 Å². The molecule has 3 unspecified atom stereocenters. The number of nitriles is 1. The number of β-amino-alcohol motifs (C(OH)–C–C–N with tert-alkyl or cyclic N) is 1. The number of hydrogen-bond donors (Lipinski definition) is 3. The number of nitrogens with zero attached hydrogens (tertiary/aromatic N) is 5. The molecule has 2 fully saturated rings. The fourth-order valence-corrected chi connectivity index (χ4v) is 5.59. The van der Waals surface area contributed by atoms with Crippen molar-refractivity contribution in [2.45, 2.75) is 38.8 Å². The van der Waals surface area contributed by atoms with Crippen LogP contribution < -0.4 is 10.2 Å². The summed E-state index contributed by atoms with van der Waals surface area (Å²) in [7, 11) is 0. The standard InChI is InChI=1S/C25H31Cl2N7O/c1-15(35)11-33-7-3-4-17(12-33)18-13-34(14-18)23-10-30-24(22(29)9-28)25(32-23)31-16(2)20-6-5-19(26)8-21(20)27/h5-6,8,10,15-18,29,35H,3-4,7,11-14H2,1-2H3,(H,31,32). The molecule has 1 aromatic carbocycles. The Morgan fingerprint density at radius 3 is 2.74 bits per heavy atom. The lowest BCUT2D eigenvalue weighted by molar-refractivity contribution is 0.0725. The molecule has 3 heterocycles. The van der Waals surface area contributed by atoms with Gasteiger partial charge < -0.3 is 20.2 Å². The third kappa shape index (κ3) is 6.04. The second-order valence-corrected chi connectivity index (χ2v) is 10.5. The van der Waals surface area contributed by atoms with Gasteiger partial charge in [-0.3, -0.25) is 5.41 Å². The number of nitrogens with one attached hydrogen (secondary N) is 2. The van der Waals surface area contributed by atoms with E-state index in [4.69, 9.17) is 33.6 Å². The molecule has 2 aliphatic heterocycles. The highest BCUT2D eigenvalue weighted by Gasteiger charge is 2.37. The van der Waals surface area contributed by atoms with Crippen molar-refractivity contribution in [1.29, 1.82) is 10.7 Å². The fourth-order valence-electron chi connectivity index (χ4n) is 5.02. The van der Waals surface area contributed by atoms with Crippen LogP contribution in [0.5, 0.6) is 0 Å². The Hall–Kier alpha value is -2.44. The molecule has 2 saturated heterocycles. The normalized spacial score (nSPS) is 20.6. The maximum Gasteiger partial charge on any atom is 0.161 e. The molecule has 3 N–H and O–H groups in total. The number of aliphatic hydroxyl groups excluding tert-OH is 1. The second kappa shape index (κ2) is 11.1. The molecule has 0 radical (unpaired) electrons. The summed E-state index contributed by atoms with van der Waals surface area (Å²) in [6.45, 7) is 8.39. The van der Waals surface area contributed by atoms with Gasteiger partial charge >= 0.3 is 0 Å². The van der Waals surface area contributed by atoms with Crippen LogP contribution in [-0.2, 0) is 0 Å². The van der Waals surface area contributed by atoms with Crippen LogP contribution in [0, 0.1) is 28.6 Å². The van der Waals surface area contributed by atoms with Crippen LogP contribution in [-0.4, -0.2) is 64.5 Å². The lowest BCUT2D eigenvalue weighted by atomic mass is 9.80. The number of aliphatic hydroxyl groups is 1. The van der Waals surface area contributed by atoms with E-state index in [-0.39, 0.29) is 23.6 Å². The van der Waals surface area contributed by atoms with E-state index >= 15 is 0 Å². The quantitative estimate of drug-likeness (QED) is 0.447. The molecule has 0 amide bonds. The van der Waals surface area contributed by atoms with Crippen molar-refractivity contribution in [1.82, 2.24) is 14.9 Å². The maximum atomic E-state index is 9.74. The lowest BCUT2D eigenvalue weighted by Gasteiger charge is -2.47. The first-order valence-corrected chi connectivity index (χ1v) is 12.7. The molecule has 0 aliphatic carbocycles. The first kappa shape index (κ1) is 25.6. The van der Waals surface area contributed by atoms with Gasteiger partial charge in [-0.05, 0) is 62.8 Å². The van der Waals surface area contributed by atoms with E-state index < -0.39 is 0 Å². The van der Waals surface area contributed by atoms with Crippen molar-refractivity contribution in [3.63, 3.8) is 0 Å². The fraction of sp³-hybridized carbons (Fsp3) is 0.520. The first-order valence-electron chi connectivity index (χ1n) is 12.0. The van der Waals surface area contributed by atoms with Crippen molar-refractivity contribution in [2.24, 2.45) is 11.8 Å². The molecule has 3 atom stereocenters. The Bertz CT molecular complexity index is 1110. The minimum Gasteiger partial charge on any atom is -0.392 e. The topological polar surface area (TPSA) is 112 Å². The molecule has 0 saturated carbocycles. The van der Waals surface area contributed by atoms with Crippen LogP contribution in [0.4, 0.5) is 11.6 Å². The summed E-state index contributed by atoms with van der Waals surface area (Å²) in [5.74, 6) is 2.30. The predicted octanol–water partition coefficient (Wildman–Crippen LogP) is 4.38. The van der Waals surface area contributed by atoms with Gasteiger partial charge in [0, 0.05) is 36.2 Å². The number of piperidine rings is 1. The Morgan fingerprint density at radius 1 is 1.29 bits per heavy atom. The number of rotatable bonds is 8. The van der Waals surface area contributed by atoms with E-state index in [0.29, 0.717) is 27.7 Å². The minimum absolute atomic E-state index is 0.214. The lowest BCUT2D eigenvalue weighted by Crippen LogP contribution is -2.54. The number of halogens is 2. The summed E-state index contributed by atoms with van der Waals surface area (Å²) in [5.41, 5.74) is 0.801. The largest absolute Gasteiger partial charge is 0.392 e. The van der Waals surface area contributed by atoms with Gasteiger partial charge in [-0.15, -0.1) is 0 Å². The third-order valence-electron chi connectivity index (χ3n) is 6.86. The summed E-state index contributed by atoms with van der Waals surface area (Å²) in [6.07, 6.45) is 3.72. The molecule has 10 heteroatoms. The Balaban J connectivity index is 1.47. The minimum atomic E-state index is -0.302. The van der Waals surface area contributed by atoms with Crippen LogP contribution >= 0.6 is 23.2 Å². The number of likely N-dealkylation sites (tertiary alicyclic amines) is 1. The molecule has 0 bridgehead atoms. The zero-order valence-electron chi connectivity index (χ0n) is 20.0. The van der Waals surface area contributed by atoms with Crippen LogP contribution in [0.1, 0.15) is 44.0 Å². The summed E-state index contributed by atoms with van der Waals surface area (Å²) in [6, 6.07) is 6.93. The van der Waals surface area contributed by atoms with E-state index in [1.807, 2.05) is 26.0 Å². The van der Waals surface area contributed by atoms with Crippen LogP contribution in [0.3, 0.4) is 0 Å². The molecular weight excluding hydrogens is 485 g/mol. The number of benzene rings is 1. The summed E-state index contributed by atoms with van der Waals surface area (Å²) in [4.78, 5) is 13.7.